The van der Waals surface area contributed by atoms with Crippen LogP contribution >= 0.6 is 0 Å². The zero-order valence-corrected chi connectivity index (χ0v) is 7.96. The number of aliphatic carboxylic acids is 1. The molecule has 0 unspecified atom stereocenters. The van der Waals surface area contributed by atoms with Gasteiger partial charge in [0.25, 0.3) is 0 Å². The van der Waals surface area contributed by atoms with Crippen LogP contribution in [0, 0.1) is 0 Å². The van der Waals surface area contributed by atoms with Crippen molar-refractivity contribution in [1.82, 2.24) is 0 Å². The number of carboxylic acids is 1. The second-order valence-corrected chi connectivity index (χ2v) is 1.77. The second-order valence-electron chi connectivity index (χ2n) is 1.77. The minimum atomic E-state index is -1.12. The fourth-order valence-corrected chi connectivity index (χ4v) is 0.351. The van der Waals surface area contributed by atoms with Crippen LogP contribution in [-0.2, 0) is 4.79 Å². The van der Waals surface area contributed by atoms with E-state index in [1.807, 2.05) is 13.8 Å². The van der Waals surface area contributed by atoms with E-state index in [0.717, 1.165) is 0 Å². The highest BCUT2D eigenvalue weighted by atomic mass is 16.4. The quantitative estimate of drug-likeness (QED) is 0.482. The molecule has 0 radical (unpaired) electrons. The first kappa shape index (κ1) is 13.3. The van der Waals surface area contributed by atoms with Crippen LogP contribution in [0.2, 0.25) is 0 Å². The molecule has 70 valence electrons. The molecular weight excluding hydrogens is 156 g/mol. The molecule has 0 aliphatic carbocycles. The summed E-state index contributed by atoms with van der Waals surface area (Å²) < 4.78 is 0. The third-order valence-electron chi connectivity index (χ3n) is 0.964. The summed E-state index contributed by atoms with van der Waals surface area (Å²) in [6, 6.07) is 0. The van der Waals surface area contributed by atoms with Crippen LogP contribution < -0.4 is 5.73 Å². The lowest BCUT2D eigenvalue weighted by Gasteiger charge is -1.91. The van der Waals surface area contributed by atoms with Crippen molar-refractivity contribution in [2.45, 2.75) is 20.8 Å². The molecule has 12 heavy (non-hydrogen) atoms. The number of carbonyl (C=O) groups is 1. The van der Waals surface area contributed by atoms with Crippen molar-refractivity contribution in [3.63, 3.8) is 0 Å². The highest BCUT2D eigenvalue weighted by Crippen LogP contribution is 1.85. The maximum Gasteiger partial charge on any atom is 0.351 e. The zero-order valence-electron chi connectivity index (χ0n) is 7.96. The lowest BCUT2D eigenvalue weighted by atomic mass is 10.3. The lowest BCUT2D eigenvalue weighted by molar-refractivity contribution is -0.132. The highest BCUT2D eigenvalue weighted by molar-refractivity contribution is 5.99. The molecule has 0 amide bonds. The van der Waals surface area contributed by atoms with Gasteiger partial charge in [0.05, 0.1) is 0 Å². The minimum Gasteiger partial charge on any atom is -0.477 e. The molecule has 0 fully saturated rings. The van der Waals surface area contributed by atoms with Gasteiger partial charge in [-0.1, -0.05) is 13.8 Å². The molecule has 3 N–H and O–H groups in total. The van der Waals surface area contributed by atoms with Crippen molar-refractivity contribution >= 4 is 11.7 Å². The number of hydrogen-bond donors (Lipinski definition) is 2. The Morgan fingerprint density at radius 3 is 2.17 bits per heavy atom. The molecule has 0 rings (SSSR count). The Hall–Kier alpha value is -1.32. The summed E-state index contributed by atoms with van der Waals surface area (Å²) >= 11 is 0. The van der Waals surface area contributed by atoms with Crippen molar-refractivity contribution in [3.8, 4) is 0 Å². The summed E-state index contributed by atoms with van der Waals surface area (Å²) in [5, 5.41) is 8.28. The van der Waals surface area contributed by atoms with Crippen LogP contribution in [-0.4, -0.2) is 23.8 Å². The van der Waals surface area contributed by atoms with E-state index >= 15 is 0 Å². The summed E-state index contributed by atoms with van der Waals surface area (Å²) in [7, 11) is 1.57. The maximum absolute atomic E-state index is 10.1. The number of aliphatic imine (C=N–C) groups is 1. The monoisotopic (exact) mass is 172 g/mol. The Morgan fingerprint density at radius 1 is 1.50 bits per heavy atom. The molecule has 0 saturated carbocycles. The van der Waals surface area contributed by atoms with Gasteiger partial charge < -0.3 is 10.8 Å². The summed E-state index contributed by atoms with van der Waals surface area (Å²) in [6.45, 7) is 5.68. The second kappa shape index (κ2) is 7.78. The topological polar surface area (TPSA) is 75.7 Å². The van der Waals surface area contributed by atoms with Crippen LogP contribution in [0.25, 0.3) is 0 Å². The molecule has 0 aliphatic heterocycles. The number of carboxylic acid groups (broad SMARTS) is 1. The van der Waals surface area contributed by atoms with Gasteiger partial charge in [-0.3, -0.25) is 4.99 Å². The Morgan fingerprint density at radius 2 is 1.92 bits per heavy atom. The molecule has 4 nitrogen and oxygen atoms in total. The van der Waals surface area contributed by atoms with Gasteiger partial charge in [0.2, 0.25) is 0 Å². The SMILES string of the molecule is CC.CN=C(C)/C=C(\N)C(=O)O. The van der Waals surface area contributed by atoms with E-state index in [0.29, 0.717) is 5.71 Å². The molecule has 0 aromatic carbocycles. The molecule has 0 aromatic heterocycles. The van der Waals surface area contributed by atoms with Gasteiger partial charge in [0.1, 0.15) is 5.70 Å². The van der Waals surface area contributed by atoms with E-state index in [1.165, 1.54) is 6.08 Å². The Bertz CT molecular complexity index is 195. The molecule has 0 aliphatic rings. The van der Waals surface area contributed by atoms with Gasteiger partial charge in [-0.25, -0.2) is 4.79 Å². The molecule has 0 saturated heterocycles. The minimum absolute atomic E-state index is 0.192. The summed E-state index contributed by atoms with van der Waals surface area (Å²) in [5.41, 5.74) is 5.48. The Kier molecular flexibility index (Phi) is 8.62. The van der Waals surface area contributed by atoms with Crippen LogP contribution in [0.15, 0.2) is 16.8 Å². The molecule has 0 aromatic rings. The highest BCUT2D eigenvalue weighted by Gasteiger charge is 1.99. The van der Waals surface area contributed by atoms with Crippen molar-refractivity contribution in [3.05, 3.63) is 11.8 Å². The first-order valence-corrected chi connectivity index (χ1v) is 3.71. The molecule has 0 spiro atoms. The number of allylic oxidation sites excluding steroid dienone is 1. The van der Waals surface area contributed by atoms with E-state index in [-0.39, 0.29) is 5.70 Å². The first-order valence-electron chi connectivity index (χ1n) is 3.71. The number of nitrogens with zero attached hydrogens (tertiary/aromatic N) is 1. The van der Waals surface area contributed by atoms with Gasteiger partial charge >= 0.3 is 5.97 Å². The zero-order chi connectivity index (χ0) is 10.1. The molecule has 0 heterocycles. The first-order chi connectivity index (χ1) is 5.57. The van der Waals surface area contributed by atoms with Crippen molar-refractivity contribution in [1.29, 1.82) is 0 Å². The lowest BCUT2D eigenvalue weighted by Crippen LogP contribution is -2.11. The fourth-order valence-electron chi connectivity index (χ4n) is 0.351. The average Bonchev–Trinajstić information content (AvgIpc) is 2.07. The molecular formula is C8H16N2O2. The van der Waals surface area contributed by atoms with Crippen LogP contribution in [0.5, 0.6) is 0 Å². The van der Waals surface area contributed by atoms with Gasteiger partial charge in [0.15, 0.2) is 0 Å². The number of rotatable bonds is 2. The summed E-state index contributed by atoms with van der Waals surface area (Å²) in [6.07, 6.45) is 1.31. The van der Waals surface area contributed by atoms with Crippen LogP contribution in [0.1, 0.15) is 20.8 Å². The van der Waals surface area contributed by atoms with Gasteiger partial charge in [-0.05, 0) is 13.0 Å². The van der Waals surface area contributed by atoms with Crippen molar-refractivity contribution in [2.75, 3.05) is 7.05 Å². The largest absolute Gasteiger partial charge is 0.477 e. The standard InChI is InChI=1S/C6H10N2O2.C2H6/c1-4(8-2)3-5(7)6(9)10;1-2/h3H,7H2,1-2H3,(H,9,10);1-2H3/b5-3-,8-4?;. The molecule has 4 heteroatoms. The average molecular weight is 172 g/mol. The normalized spacial score (nSPS) is 11.7. The Labute approximate surface area is 72.8 Å². The summed E-state index contributed by atoms with van der Waals surface area (Å²) in [4.78, 5) is 13.8. The van der Waals surface area contributed by atoms with Crippen LogP contribution in [0.4, 0.5) is 0 Å². The van der Waals surface area contributed by atoms with Crippen molar-refractivity contribution < 1.29 is 9.90 Å². The smallest absolute Gasteiger partial charge is 0.351 e. The van der Waals surface area contributed by atoms with E-state index in [9.17, 15) is 4.79 Å². The van der Waals surface area contributed by atoms with Gasteiger partial charge in [0, 0.05) is 12.8 Å². The predicted molar refractivity (Wildman–Crippen MR) is 50.3 cm³/mol. The summed E-state index contributed by atoms with van der Waals surface area (Å²) in [5.74, 6) is -1.12. The molecule has 0 atom stereocenters. The maximum atomic E-state index is 10.1. The predicted octanol–water partition coefficient (Wildman–Crippen LogP) is 1.03. The van der Waals surface area contributed by atoms with Crippen LogP contribution in [0.3, 0.4) is 0 Å². The van der Waals surface area contributed by atoms with E-state index in [1.54, 1.807) is 14.0 Å². The number of nitrogens with two attached hydrogens (primary N) is 1. The number of hydrogen-bond acceptors (Lipinski definition) is 3. The van der Waals surface area contributed by atoms with E-state index in [2.05, 4.69) is 4.99 Å². The van der Waals surface area contributed by atoms with Crippen molar-refractivity contribution in [2.24, 2.45) is 10.7 Å². The Balaban J connectivity index is 0. The third-order valence-corrected chi connectivity index (χ3v) is 0.964. The van der Waals surface area contributed by atoms with Gasteiger partial charge in [-0.2, -0.15) is 0 Å². The van der Waals surface area contributed by atoms with Gasteiger partial charge in [-0.15, -0.1) is 0 Å². The third kappa shape index (κ3) is 6.80. The molecule has 0 bridgehead atoms. The van der Waals surface area contributed by atoms with E-state index in [4.69, 9.17) is 10.8 Å². The fraction of sp³-hybridized carbons (Fsp3) is 0.500. The van der Waals surface area contributed by atoms with E-state index < -0.39 is 5.97 Å².